The zero-order chi connectivity index (χ0) is 9.97. The molecule has 1 fully saturated rings. The molecule has 1 saturated carbocycles. The van der Waals surface area contributed by atoms with Gasteiger partial charge in [-0.3, -0.25) is 0 Å². The van der Waals surface area contributed by atoms with Crippen molar-refractivity contribution in [2.45, 2.75) is 19.3 Å². The summed E-state index contributed by atoms with van der Waals surface area (Å²) in [4.78, 5) is 11.1. The fourth-order valence-corrected chi connectivity index (χ4v) is 1.69. The van der Waals surface area contributed by atoms with Crippen LogP contribution >= 0.6 is 0 Å². The molecule has 1 aromatic carbocycles. The van der Waals surface area contributed by atoms with Crippen molar-refractivity contribution < 1.29 is 9.90 Å². The molecule has 14 heavy (non-hydrogen) atoms. The van der Waals surface area contributed by atoms with Gasteiger partial charge < -0.3 is 5.11 Å². The summed E-state index contributed by atoms with van der Waals surface area (Å²) in [5.74, 6) is -0.800. The van der Waals surface area contributed by atoms with Crippen LogP contribution in [0.1, 0.15) is 24.8 Å². The van der Waals surface area contributed by atoms with E-state index < -0.39 is 5.97 Å². The van der Waals surface area contributed by atoms with E-state index in [4.69, 9.17) is 5.11 Å². The highest BCUT2D eigenvalue weighted by molar-refractivity contribution is 6.16. The molecule has 0 spiro atoms. The maximum Gasteiger partial charge on any atom is 0.336 e. The van der Waals surface area contributed by atoms with Crippen molar-refractivity contribution in [2.24, 2.45) is 0 Å². The Bertz CT molecular complexity index is 371. The van der Waals surface area contributed by atoms with Gasteiger partial charge in [0.25, 0.3) is 0 Å². The van der Waals surface area contributed by atoms with Gasteiger partial charge >= 0.3 is 5.97 Å². The molecule has 0 unspecified atom stereocenters. The van der Waals surface area contributed by atoms with Crippen LogP contribution in [0.3, 0.4) is 0 Å². The van der Waals surface area contributed by atoms with E-state index in [9.17, 15) is 4.79 Å². The van der Waals surface area contributed by atoms with Crippen molar-refractivity contribution >= 4 is 11.5 Å². The Morgan fingerprint density at radius 2 is 1.79 bits per heavy atom. The SMILES string of the molecule is O=C(O)C(=C1CCC1)c1ccccc1. The molecule has 0 amide bonds. The van der Waals surface area contributed by atoms with Gasteiger partial charge in [0.1, 0.15) is 0 Å². The Hall–Kier alpha value is -1.57. The molecular weight excluding hydrogens is 176 g/mol. The van der Waals surface area contributed by atoms with Gasteiger partial charge in [-0.1, -0.05) is 35.9 Å². The second-order valence-corrected chi connectivity index (χ2v) is 3.50. The topological polar surface area (TPSA) is 37.3 Å². The molecule has 1 N–H and O–H groups in total. The molecule has 0 atom stereocenters. The summed E-state index contributed by atoms with van der Waals surface area (Å²) < 4.78 is 0. The smallest absolute Gasteiger partial charge is 0.336 e. The third-order valence-corrected chi connectivity index (χ3v) is 2.59. The molecule has 0 aliphatic heterocycles. The van der Waals surface area contributed by atoms with Crippen LogP contribution in [0.25, 0.3) is 5.57 Å². The molecule has 1 aliphatic carbocycles. The van der Waals surface area contributed by atoms with Crippen LogP contribution in [0, 0.1) is 0 Å². The highest BCUT2D eigenvalue weighted by Gasteiger charge is 2.20. The third-order valence-electron chi connectivity index (χ3n) is 2.59. The van der Waals surface area contributed by atoms with Crippen LogP contribution in [0.2, 0.25) is 0 Å². The Morgan fingerprint density at radius 1 is 1.14 bits per heavy atom. The van der Waals surface area contributed by atoms with Gasteiger partial charge in [-0.25, -0.2) is 4.79 Å². The number of carboxylic acid groups (broad SMARTS) is 1. The van der Waals surface area contributed by atoms with Crippen molar-refractivity contribution in [1.29, 1.82) is 0 Å². The number of hydrogen-bond acceptors (Lipinski definition) is 1. The first-order chi connectivity index (χ1) is 6.79. The van der Waals surface area contributed by atoms with Crippen LogP contribution in [0.5, 0.6) is 0 Å². The minimum absolute atomic E-state index is 0.511. The predicted molar refractivity (Wildman–Crippen MR) is 54.8 cm³/mol. The lowest BCUT2D eigenvalue weighted by Crippen LogP contribution is -2.08. The van der Waals surface area contributed by atoms with Crippen molar-refractivity contribution in [3.05, 3.63) is 41.5 Å². The van der Waals surface area contributed by atoms with E-state index in [1.54, 1.807) is 0 Å². The summed E-state index contributed by atoms with van der Waals surface area (Å²) in [5, 5.41) is 9.10. The third kappa shape index (κ3) is 1.55. The van der Waals surface area contributed by atoms with Crippen LogP contribution in [0.4, 0.5) is 0 Å². The van der Waals surface area contributed by atoms with Gasteiger partial charge in [0.05, 0.1) is 5.57 Å². The summed E-state index contributed by atoms with van der Waals surface area (Å²) in [6.07, 6.45) is 3.01. The average Bonchev–Trinajstić information content (AvgIpc) is 2.12. The molecule has 1 aromatic rings. The van der Waals surface area contributed by atoms with E-state index in [0.717, 1.165) is 30.4 Å². The lowest BCUT2D eigenvalue weighted by Gasteiger charge is -2.19. The zero-order valence-corrected chi connectivity index (χ0v) is 7.86. The monoisotopic (exact) mass is 188 g/mol. The van der Waals surface area contributed by atoms with E-state index in [0.29, 0.717) is 5.57 Å². The Kier molecular flexibility index (Phi) is 2.35. The largest absolute Gasteiger partial charge is 0.478 e. The van der Waals surface area contributed by atoms with Crippen LogP contribution in [0.15, 0.2) is 35.9 Å². The van der Waals surface area contributed by atoms with Crippen molar-refractivity contribution in [1.82, 2.24) is 0 Å². The first-order valence-corrected chi connectivity index (χ1v) is 4.80. The van der Waals surface area contributed by atoms with Crippen LogP contribution in [-0.4, -0.2) is 11.1 Å². The molecule has 72 valence electrons. The molecule has 2 heteroatoms. The molecule has 0 aromatic heterocycles. The number of hydrogen-bond donors (Lipinski definition) is 1. The first-order valence-electron chi connectivity index (χ1n) is 4.80. The quantitative estimate of drug-likeness (QED) is 0.724. The number of rotatable bonds is 2. The lowest BCUT2D eigenvalue weighted by molar-refractivity contribution is -0.130. The highest BCUT2D eigenvalue weighted by Crippen LogP contribution is 2.33. The van der Waals surface area contributed by atoms with Gasteiger partial charge in [-0.05, 0) is 24.8 Å². The molecule has 0 bridgehead atoms. The van der Waals surface area contributed by atoms with E-state index in [-0.39, 0.29) is 0 Å². The van der Waals surface area contributed by atoms with Gasteiger partial charge in [0.2, 0.25) is 0 Å². The number of carbonyl (C=O) groups is 1. The summed E-state index contributed by atoms with van der Waals surface area (Å²) in [6.45, 7) is 0. The van der Waals surface area contributed by atoms with Crippen LogP contribution < -0.4 is 0 Å². The minimum atomic E-state index is -0.800. The predicted octanol–water partition coefficient (Wildman–Crippen LogP) is 2.71. The summed E-state index contributed by atoms with van der Waals surface area (Å²) in [6, 6.07) is 9.35. The standard InChI is InChI=1S/C12H12O2/c13-12(14)11(10-7-4-8-10)9-5-2-1-3-6-9/h1-3,5-6H,4,7-8H2,(H,13,14). The Morgan fingerprint density at radius 3 is 2.21 bits per heavy atom. The number of aliphatic carboxylic acids is 1. The highest BCUT2D eigenvalue weighted by atomic mass is 16.4. The molecule has 2 rings (SSSR count). The van der Waals surface area contributed by atoms with Crippen LogP contribution in [-0.2, 0) is 4.79 Å². The van der Waals surface area contributed by atoms with Gasteiger partial charge in [0.15, 0.2) is 0 Å². The number of allylic oxidation sites excluding steroid dienone is 1. The minimum Gasteiger partial charge on any atom is -0.478 e. The van der Waals surface area contributed by atoms with Gasteiger partial charge in [-0.15, -0.1) is 0 Å². The van der Waals surface area contributed by atoms with E-state index in [2.05, 4.69) is 0 Å². The maximum atomic E-state index is 11.1. The fraction of sp³-hybridized carbons (Fsp3) is 0.250. The van der Waals surface area contributed by atoms with E-state index in [1.807, 2.05) is 30.3 Å². The number of carboxylic acids is 1. The molecule has 0 heterocycles. The van der Waals surface area contributed by atoms with Crippen molar-refractivity contribution in [3.63, 3.8) is 0 Å². The molecule has 0 radical (unpaired) electrons. The van der Waals surface area contributed by atoms with E-state index >= 15 is 0 Å². The fourth-order valence-electron chi connectivity index (χ4n) is 1.69. The Balaban J connectivity index is 2.43. The molecule has 0 saturated heterocycles. The summed E-state index contributed by atoms with van der Waals surface area (Å²) >= 11 is 0. The second kappa shape index (κ2) is 3.66. The second-order valence-electron chi connectivity index (χ2n) is 3.50. The average molecular weight is 188 g/mol. The zero-order valence-electron chi connectivity index (χ0n) is 7.86. The first kappa shape index (κ1) is 9.00. The molecule has 1 aliphatic rings. The Labute approximate surface area is 82.9 Å². The van der Waals surface area contributed by atoms with Crippen molar-refractivity contribution in [3.8, 4) is 0 Å². The maximum absolute atomic E-state index is 11.1. The molecule has 2 nitrogen and oxygen atoms in total. The van der Waals surface area contributed by atoms with Crippen molar-refractivity contribution in [2.75, 3.05) is 0 Å². The number of benzene rings is 1. The molecular formula is C12H12O2. The summed E-state index contributed by atoms with van der Waals surface area (Å²) in [7, 11) is 0. The van der Waals surface area contributed by atoms with Gasteiger partial charge in [-0.2, -0.15) is 0 Å². The lowest BCUT2D eigenvalue weighted by atomic mass is 9.85. The summed E-state index contributed by atoms with van der Waals surface area (Å²) in [5.41, 5.74) is 2.43. The van der Waals surface area contributed by atoms with Gasteiger partial charge in [0, 0.05) is 0 Å². The normalized spacial score (nSPS) is 14.7. The van der Waals surface area contributed by atoms with E-state index in [1.165, 1.54) is 0 Å².